The molecular weight excluding hydrogens is 408 g/mol. The molecule has 6 heteroatoms. The minimum Gasteiger partial charge on any atom is -0.347 e. The van der Waals surface area contributed by atoms with Crippen molar-refractivity contribution in [2.24, 2.45) is 16.7 Å². The summed E-state index contributed by atoms with van der Waals surface area (Å²) in [5.74, 6) is -1.22. The lowest BCUT2D eigenvalue weighted by Crippen LogP contribution is -2.47. The zero-order valence-electron chi connectivity index (χ0n) is 18.5. The van der Waals surface area contributed by atoms with Crippen LogP contribution in [0.3, 0.4) is 0 Å². The quantitative estimate of drug-likeness (QED) is 0.566. The Hall–Kier alpha value is -3.02. The van der Waals surface area contributed by atoms with Gasteiger partial charge in [0.2, 0.25) is 0 Å². The Morgan fingerprint density at radius 2 is 1.78 bits per heavy atom. The number of rotatable bonds is 4. The van der Waals surface area contributed by atoms with E-state index >= 15 is 0 Å². The summed E-state index contributed by atoms with van der Waals surface area (Å²) in [5.41, 5.74) is 2.93. The number of aromatic nitrogens is 2. The second kappa shape index (κ2) is 7.26. The molecule has 3 aromatic rings. The zero-order valence-corrected chi connectivity index (χ0v) is 18.5. The van der Waals surface area contributed by atoms with E-state index in [1.54, 1.807) is 23.2 Å². The van der Waals surface area contributed by atoms with Gasteiger partial charge >= 0.3 is 0 Å². The fourth-order valence-electron chi connectivity index (χ4n) is 5.81. The Bertz CT molecular complexity index is 1180. The normalized spacial score (nSPS) is 25.8. The highest BCUT2D eigenvalue weighted by Gasteiger charge is 2.61. The van der Waals surface area contributed by atoms with Gasteiger partial charge < -0.3 is 5.32 Å². The van der Waals surface area contributed by atoms with Gasteiger partial charge in [-0.25, -0.2) is 13.8 Å². The van der Waals surface area contributed by atoms with E-state index in [2.05, 4.69) is 31.1 Å². The molecule has 32 heavy (non-hydrogen) atoms. The van der Waals surface area contributed by atoms with Gasteiger partial charge in [0.25, 0.3) is 5.91 Å². The van der Waals surface area contributed by atoms with Crippen molar-refractivity contribution in [3.63, 3.8) is 0 Å². The van der Waals surface area contributed by atoms with Gasteiger partial charge in [-0.1, -0.05) is 39.0 Å². The first kappa shape index (κ1) is 20.9. The van der Waals surface area contributed by atoms with Gasteiger partial charge in [0.15, 0.2) is 11.6 Å². The number of benzene rings is 2. The van der Waals surface area contributed by atoms with Crippen molar-refractivity contribution in [2.75, 3.05) is 0 Å². The van der Waals surface area contributed by atoms with Crippen LogP contribution < -0.4 is 5.32 Å². The molecule has 2 bridgehead atoms. The molecule has 2 saturated carbocycles. The van der Waals surface area contributed by atoms with Crippen molar-refractivity contribution in [3.05, 3.63) is 72.3 Å². The lowest BCUT2D eigenvalue weighted by Gasteiger charge is -2.39. The summed E-state index contributed by atoms with van der Waals surface area (Å²) in [7, 11) is 0. The molecular formula is C26H27F2N3O. The van der Waals surface area contributed by atoms with Crippen molar-refractivity contribution in [1.82, 2.24) is 14.9 Å². The Morgan fingerprint density at radius 1 is 1.06 bits per heavy atom. The van der Waals surface area contributed by atoms with E-state index < -0.39 is 11.6 Å². The number of hydrogen-bond donors (Lipinski definition) is 1. The second-order valence-corrected chi connectivity index (χ2v) is 9.96. The molecule has 1 amide bonds. The minimum atomic E-state index is -0.877. The number of fused-ring (bicyclic) bond motifs is 2. The Balaban J connectivity index is 1.37. The molecule has 0 aliphatic heterocycles. The van der Waals surface area contributed by atoms with Crippen LogP contribution in [0.5, 0.6) is 0 Å². The number of amides is 1. The number of imidazole rings is 1. The Morgan fingerprint density at radius 3 is 2.41 bits per heavy atom. The van der Waals surface area contributed by atoms with Crippen molar-refractivity contribution in [3.8, 4) is 16.8 Å². The Labute approximate surface area is 186 Å². The number of carbonyl (C=O) groups is 1. The summed E-state index contributed by atoms with van der Waals surface area (Å²) in [4.78, 5) is 17.4. The molecule has 2 aliphatic carbocycles. The maximum absolute atomic E-state index is 13.6. The molecule has 0 unspecified atom stereocenters. The van der Waals surface area contributed by atoms with Crippen LogP contribution in [0.25, 0.3) is 16.8 Å². The molecule has 1 heterocycles. The molecule has 2 aromatic carbocycles. The second-order valence-electron chi connectivity index (χ2n) is 9.96. The van der Waals surface area contributed by atoms with Crippen molar-refractivity contribution in [2.45, 2.75) is 46.1 Å². The summed E-state index contributed by atoms with van der Waals surface area (Å²) in [5, 5.41) is 3.29. The maximum atomic E-state index is 13.6. The van der Waals surface area contributed by atoms with Crippen molar-refractivity contribution < 1.29 is 13.6 Å². The standard InChI is InChI=1S/C26H27F2N3O/c1-25(2)18-10-11-26(25,3)23(13-18)30-24(32)22-14-29-15-31(22)19-7-4-16(5-8-19)17-6-9-20(27)21(28)12-17/h4-9,12,14-15,18,23H,10-11,13H2,1-3H3,(H,30,32)/t18-,23+,26-/m0/s1. The van der Waals surface area contributed by atoms with E-state index in [4.69, 9.17) is 0 Å². The smallest absolute Gasteiger partial charge is 0.270 e. The molecule has 2 aliphatic rings. The van der Waals surface area contributed by atoms with Crippen molar-refractivity contribution >= 4 is 5.91 Å². The molecule has 2 fully saturated rings. The highest BCUT2D eigenvalue weighted by Crippen LogP contribution is 2.65. The van der Waals surface area contributed by atoms with Crippen LogP contribution in [0, 0.1) is 28.4 Å². The molecule has 0 radical (unpaired) electrons. The highest BCUT2D eigenvalue weighted by molar-refractivity contribution is 5.93. The minimum absolute atomic E-state index is 0.101. The molecule has 0 saturated heterocycles. The first-order chi connectivity index (χ1) is 15.2. The predicted octanol–water partition coefficient (Wildman–Crippen LogP) is 5.76. The Kier molecular flexibility index (Phi) is 4.73. The van der Waals surface area contributed by atoms with Gasteiger partial charge in [-0.15, -0.1) is 0 Å². The number of halogens is 2. The summed E-state index contributed by atoms with van der Waals surface area (Å²) in [6.45, 7) is 6.96. The molecule has 3 atom stereocenters. The van der Waals surface area contributed by atoms with Gasteiger partial charge in [-0.05, 0) is 71.4 Å². The molecule has 0 spiro atoms. The third-order valence-electron chi connectivity index (χ3n) is 8.37. The van der Waals surface area contributed by atoms with E-state index in [1.165, 1.54) is 12.5 Å². The van der Waals surface area contributed by atoms with Crippen molar-refractivity contribution in [1.29, 1.82) is 0 Å². The van der Waals surface area contributed by atoms with E-state index in [1.807, 2.05) is 24.3 Å². The van der Waals surface area contributed by atoms with Crippen LogP contribution >= 0.6 is 0 Å². The third kappa shape index (κ3) is 3.07. The topological polar surface area (TPSA) is 46.9 Å². The monoisotopic (exact) mass is 435 g/mol. The summed E-state index contributed by atoms with van der Waals surface area (Å²) < 4.78 is 28.6. The van der Waals surface area contributed by atoms with Gasteiger partial charge in [-0.2, -0.15) is 0 Å². The van der Waals surface area contributed by atoms with Gasteiger partial charge in [-0.3, -0.25) is 9.36 Å². The fraction of sp³-hybridized carbons (Fsp3) is 0.385. The zero-order chi connectivity index (χ0) is 22.7. The predicted molar refractivity (Wildman–Crippen MR) is 119 cm³/mol. The van der Waals surface area contributed by atoms with E-state index in [0.717, 1.165) is 30.2 Å². The van der Waals surface area contributed by atoms with E-state index in [9.17, 15) is 13.6 Å². The molecule has 5 rings (SSSR count). The third-order valence-corrected chi connectivity index (χ3v) is 8.37. The van der Waals surface area contributed by atoms with Crippen LogP contribution in [-0.4, -0.2) is 21.5 Å². The van der Waals surface area contributed by atoms with Gasteiger partial charge in [0.05, 0.1) is 12.5 Å². The average molecular weight is 436 g/mol. The van der Waals surface area contributed by atoms with Crippen LogP contribution in [0.4, 0.5) is 8.78 Å². The lowest BCUT2D eigenvalue weighted by molar-refractivity contribution is 0.0820. The van der Waals surface area contributed by atoms with E-state index in [0.29, 0.717) is 17.2 Å². The molecule has 1 aromatic heterocycles. The molecule has 166 valence electrons. The summed E-state index contributed by atoms with van der Waals surface area (Å²) >= 11 is 0. The number of nitrogens with one attached hydrogen (secondary N) is 1. The largest absolute Gasteiger partial charge is 0.347 e. The summed E-state index contributed by atoms with van der Waals surface area (Å²) in [6.07, 6.45) is 6.60. The molecule has 1 N–H and O–H groups in total. The van der Waals surface area contributed by atoms with Crippen LogP contribution in [0.2, 0.25) is 0 Å². The first-order valence-corrected chi connectivity index (χ1v) is 11.1. The fourth-order valence-corrected chi connectivity index (χ4v) is 5.81. The number of hydrogen-bond acceptors (Lipinski definition) is 2. The maximum Gasteiger partial charge on any atom is 0.270 e. The first-order valence-electron chi connectivity index (χ1n) is 11.1. The van der Waals surface area contributed by atoms with E-state index in [-0.39, 0.29) is 22.8 Å². The van der Waals surface area contributed by atoms with Gasteiger partial charge in [0.1, 0.15) is 5.69 Å². The molecule has 4 nitrogen and oxygen atoms in total. The van der Waals surface area contributed by atoms with Crippen LogP contribution in [0.1, 0.15) is 50.5 Å². The van der Waals surface area contributed by atoms with Crippen LogP contribution in [-0.2, 0) is 0 Å². The SMILES string of the molecule is CC1(C)[C@H]2CC[C@@]1(C)[C@H](NC(=O)c1cncn1-c1ccc(-c3ccc(F)c(F)c3)cc1)C2. The average Bonchev–Trinajstić information content (AvgIpc) is 3.39. The van der Waals surface area contributed by atoms with Gasteiger partial charge in [0, 0.05) is 11.7 Å². The van der Waals surface area contributed by atoms with Crippen LogP contribution in [0.15, 0.2) is 55.0 Å². The number of nitrogens with zero attached hydrogens (tertiary/aromatic N) is 2. The highest BCUT2D eigenvalue weighted by atomic mass is 19.2. The summed E-state index contributed by atoms with van der Waals surface area (Å²) in [6, 6.07) is 11.3. The number of carbonyl (C=O) groups excluding carboxylic acids is 1. The lowest BCUT2D eigenvalue weighted by atomic mass is 9.69.